The Morgan fingerprint density at radius 2 is 0.925 bits per heavy atom. The molecule has 0 aromatic heterocycles. The van der Waals surface area contributed by atoms with E-state index in [2.05, 4.69) is 43.1 Å². The third-order valence-corrected chi connectivity index (χ3v) is 11.7. The zero-order chi connectivity index (χ0) is 38.3. The van der Waals surface area contributed by atoms with Gasteiger partial charge in [0.2, 0.25) is 15.5 Å². The third-order valence-electron chi connectivity index (χ3n) is 10.6. The predicted molar refractivity (Wildman–Crippen MR) is 228 cm³/mol. The maximum absolute atomic E-state index is 12.7. The first-order chi connectivity index (χ1) is 26.0. The minimum atomic E-state index is -3.96. The maximum atomic E-state index is 12.7. The number of unbranched alkanes of at least 4 members (excludes halogenated alkanes) is 24. The van der Waals surface area contributed by atoms with Gasteiger partial charge in [-0.1, -0.05) is 154 Å². The molecule has 2 atom stereocenters. The zero-order valence-corrected chi connectivity index (χ0v) is 35.9. The molecule has 1 saturated heterocycles. The molecule has 1 heterocycles. The SMILES string of the molecule is CCCCCCCC/C=C\CCCCCCCCOCC(OCCN1CCCC1)C(OCCCCCCCC/C=C\CCCCCCCC)S(N)(=O)=O. The Hall–Kier alpha value is -0.770. The summed E-state index contributed by atoms with van der Waals surface area (Å²) in [5, 5.41) is 5.71. The fourth-order valence-electron chi connectivity index (χ4n) is 7.16. The van der Waals surface area contributed by atoms with Crippen LogP contribution in [0.15, 0.2) is 24.3 Å². The first kappa shape index (κ1) is 50.2. The van der Waals surface area contributed by atoms with Crippen LogP contribution in [0.5, 0.6) is 0 Å². The van der Waals surface area contributed by atoms with E-state index in [1.807, 2.05) is 0 Å². The summed E-state index contributed by atoms with van der Waals surface area (Å²) in [5.41, 5.74) is -1.20. The molecular weight excluding hydrogens is 681 g/mol. The molecule has 314 valence electrons. The molecule has 1 rings (SSSR count). The van der Waals surface area contributed by atoms with Crippen molar-refractivity contribution < 1.29 is 22.6 Å². The Kier molecular flexibility index (Phi) is 36.1. The number of likely N-dealkylation sites (tertiary alicyclic amines) is 1. The summed E-state index contributed by atoms with van der Waals surface area (Å²) in [6.45, 7) is 9.07. The quantitative estimate of drug-likeness (QED) is 0.0492. The molecule has 0 aliphatic carbocycles. The number of primary sulfonamides is 1. The Morgan fingerprint density at radius 3 is 1.36 bits per heavy atom. The standard InChI is InChI=1S/C45H88N2O5S/c1-3-5-7-9-11-13-15-17-19-21-23-25-27-29-31-35-40-50-43-44(51-42-39-47-37-33-34-38-47)45(53(46,48)49)52-41-36-32-30-28-26-24-22-20-18-16-14-12-10-8-6-4-2/h17-20,44-45H,3-16,21-43H2,1-2H3,(H2,46,48,49)/b19-17-,20-18-. The van der Waals surface area contributed by atoms with Crippen molar-refractivity contribution in [2.24, 2.45) is 5.14 Å². The van der Waals surface area contributed by atoms with Gasteiger partial charge < -0.3 is 19.1 Å². The predicted octanol–water partition coefficient (Wildman–Crippen LogP) is 12.2. The van der Waals surface area contributed by atoms with Crippen LogP contribution in [0.4, 0.5) is 0 Å². The lowest BCUT2D eigenvalue weighted by molar-refractivity contribution is -0.0791. The molecule has 0 aromatic rings. The lowest BCUT2D eigenvalue weighted by Crippen LogP contribution is -2.45. The molecule has 0 amide bonds. The molecule has 1 fully saturated rings. The molecule has 1 aliphatic rings. The number of rotatable bonds is 41. The van der Waals surface area contributed by atoms with Crippen molar-refractivity contribution in [3.8, 4) is 0 Å². The fourth-order valence-corrected chi connectivity index (χ4v) is 8.02. The van der Waals surface area contributed by atoms with Gasteiger partial charge in [0.05, 0.1) is 13.2 Å². The second kappa shape index (κ2) is 38.1. The first-order valence-corrected chi connectivity index (χ1v) is 24.4. The van der Waals surface area contributed by atoms with Crippen LogP contribution < -0.4 is 5.14 Å². The second-order valence-corrected chi connectivity index (χ2v) is 17.4. The van der Waals surface area contributed by atoms with E-state index in [1.165, 1.54) is 161 Å². The molecule has 0 saturated carbocycles. The van der Waals surface area contributed by atoms with Crippen LogP contribution in [0.1, 0.15) is 206 Å². The summed E-state index contributed by atoms with van der Waals surface area (Å²) in [4.78, 5) is 2.37. The van der Waals surface area contributed by atoms with Gasteiger partial charge in [-0.3, -0.25) is 0 Å². The highest BCUT2D eigenvalue weighted by atomic mass is 32.2. The van der Waals surface area contributed by atoms with Crippen molar-refractivity contribution in [2.45, 2.75) is 218 Å². The van der Waals surface area contributed by atoms with Crippen LogP contribution in [-0.2, 0) is 24.2 Å². The van der Waals surface area contributed by atoms with Gasteiger partial charge in [0.25, 0.3) is 0 Å². The normalized spacial score (nSPS) is 15.4. The molecule has 1 aliphatic heterocycles. The average molecular weight is 769 g/mol. The highest BCUT2D eigenvalue weighted by Gasteiger charge is 2.33. The highest BCUT2D eigenvalue weighted by Crippen LogP contribution is 2.16. The Balaban J connectivity index is 2.24. The van der Waals surface area contributed by atoms with Gasteiger partial charge in [-0.2, -0.15) is 0 Å². The summed E-state index contributed by atoms with van der Waals surface area (Å²) in [6.07, 6.45) is 46.1. The lowest BCUT2D eigenvalue weighted by Gasteiger charge is -2.27. The molecule has 53 heavy (non-hydrogen) atoms. The van der Waals surface area contributed by atoms with Crippen molar-refractivity contribution in [3.05, 3.63) is 24.3 Å². The van der Waals surface area contributed by atoms with Crippen LogP contribution in [0.2, 0.25) is 0 Å². The number of nitrogens with zero attached hydrogens (tertiary/aromatic N) is 1. The van der Waals surface area contributed by atoms with E-state index in [9.17, 15) is 8.42 Å². The van der Waals surface area contributed by atoms with Gasteiger partial charge in [-0.05, 0) is 90.1 Å². The number of allylic oxidation sites excluding steroid dienone is 4. The number of hydrogen-bond acceptors (Lipinski definition) is 6. The molecule has 0 spiro atoms. The molecular formula is C45H88N2O5S. The molecule has 7 nitrogen and oxygen atoms in total. The van der Waals surface area contributed by atoms with E-state index in [4.69, 9.17) is 19.3 Å². The van der Waals surface area contributed by atoms with Crippen molar-refractivity contribution in [3.63, 3.8) is 0 Å². The van der Waals surface area contributed by atoms with Gasteiger partial charge in [-0.25, -0.2) is 13.6 Å². The molecule has 2 unspecified atom stereocenters. The third kappa shape index (κ3) is 33.1. The first-order valence-electron chi connectivity index (χ1n) is 22.8. The monoisotopic (exact) mass is 769 g/mol. The summed E-state index contributed by atoms with van der Waals surface area (Å²) in [6, 6.07) is 0. The summed E-state index contributed by atoms with van der Waals surface area (Å²) in [5.74, 6) is 0. The van der Waals surface area contributed by atoms with E-state index < -0.39 is 21.6 Å². The molecule has 0 bridgehead atoms. The van der Waals surface area contributed by atoms with Crippen molar-refractivity contribution in [2.75, 3.05) is 46.1 Å². The number of nitrogens with two attached hydrogens (primary N) is 1. The zero-order valence-electron chi connectivity index (χ0n) is 35.1. The van der Waals surface area contributed by atoms with Gasteiger partial charge in [0.15, 0.2) is 0 Å². The van der Waals surface area contributed by atoms with Crippen molar-refractivity contribution >= 4 is 10.0 Å². The number of sulfonamides is 1. The summed E-state index contributed by atoms with van der Waals surface area (Å²) >= 11 is 0. The summed E-state index contributed by atoms with van der Waals surface area (Å²) < 4.78 is 43.5. The number of hydrogen-bond donors (Lipinski definition) is 1. The minimum absolute atomic E-state index is 0.180. The van der Waals surface area contributed by atoms with E-state index in [-0.39, 0.29) is 6.61 Å². The van der Waals surface area contributed by atoms with Gasteiger partial charge in [0.1, 0.15) is 6.10 Å². The second-order valence-electron chi connectivity index (χ2n) is 15.7. The van der Waals surface area contributed by atoms with E-state index in [1.54, 1.807) is 0 Å². The fraction of sp³-hybridized carbons (Fsp3) is 0.911. The Bertz CT molecular complexity index is 922. The Labute approximate surface area is 330 Å². The lowest BCUT2D eigenvalue weighted by atomic mass is 10.1. The van der Waals surface area contributed by atoms with Crippen LogP contribution in [0.3, 0.4) is 0 Å². The topological polar surface area (TPSA) is 91.1 Å². The highest BCUT2D eigenvalue weighted by molar-refractivity contribution is 7.89. The van der Waals surface area contributed by atoms with Crippen LogP contribution in [0, 0.1) is 0 Å². The van der Waals surface area contributed by atoms with Gasteiger partial charge >= 0.3 is 0 Å². The van der Waals surface area contributed by atoms with Gasteiger partial charge in [-0.15, -0.1) is 0 Å². The average Bonchev–Trinajstić information content (AvgIpc) is 3.66. The molecule has 8 heteroatoms. The number of ether oxygens (including phenoxy) is 3. The molecule has 0 radical (unpaired) electrons. The van der Waals surface area contributed by atoms with E-state index in [0.717, 1.165) is 51.7 Å². The van der Waals surface area contributed by atoms with E-state index >= 15 is 0 Å². The van der Waals surface area contributed by atoms with Crippen LogP contribution >= 0.6 is 0 Å². The molecule has 0 aromatic carbocycles. The van der Waals surface area contributed by atoms with Crippen LogP contribution in [-0.4, -0.2) is 70.9 Å². The Morgan fingerprint density at radius 1 is 0.528 bits per heavy atom. The molecule has 2 N–H and O–H groups in total. The van der Waals surface area contributed by atoms with Crippen LogP contribution in [0.25, 0.3) is 0 Å². The van der Waals surface area contributed by atoms with Crippen molar-refractivity contribution in [1.82, 2.24) is 4.90 Å². The largest absolute Gasteiger partial charge is 0.379 e. The summed E-state index contributed by atoms with van der Waals surface area (Å²) in [7, 11) is -3.96. The van der Waals surface area contributed by atoms with Crippen molar-refractivity contribution in [1.29, 1.82) is 0 Å². The smallest absolute Gasteiger partial charge is 0.239 e. The maximum Gasteiger partial charge on any atom is 0.239 e. The van der Waals surface area contributed by atoms with Gasteiger partial charge in [0, 0.05) is 19.8 Å². The van der Waals surface area contributed by atoms with E-state index in [0.29, 0.717) is 19.8 Å². The minimum Gasteiger partial charge on any atom is -0.379 e.